The molecule has 2 atom stereocenters. The van der Waals surface area contributed by atoms with Gasteiger partial charge in [0.05, 0.1) is 18.6 Å². The second-order valence-corrected chi connectivity index (χ2v) is 7.15. The van der Waals surface area contributed by atoms with Crippen molar-refractivity contribution in [2.75, 3.05) is 6.54 Å². The lowest BCUT2D eigenvalue weighted by Crippen LogP contribution is -2.50. The number of hydrogen-bond acceptors (Lipinski definition) is 5. The van der Waals surface area contributed by atoms with Crippen LogP contribution in [0, 0.1) is 5.92 Å². The Morgan fingerprint density at radius 2 is 2.08 bits per heavy atom. The van der Waals surface area contributed by atoms with Gasteiger partial charge in [-0.25, -0.2) is 0 Å². The molecule has 0 radical (unpaired) electrons. The van der Waals surface area contributed by atoms with E-state index in [9.17, 15) is 0 Å². The van der Waals surface area contributed by atoms with Crippen LogP contribution in [0.5, 0.6) is 0 Å². The van der Waals surface area contributed by atoms with Crippen molar-refractivity contribution in [3.05, 3.63) is 41.7 Å². The van der Waals surface area contributed by atoms with Gasteiger partial charge in [-0.1, -0.05) is 44.2 Å². The Hall–Kier alpha value is -2.08. The zero-order valence-electron chi connectivity index (χ0n) is 14.3. The first-order valence-corrected chi connectivity index (χ1v) is 8.86. The fourth-order valence-corrected chi connectivity index (χ4v) is 3.91. The van der Waals surface area contributed by atoms with E-state index < -0.39 is 0 Å². The fraction of sp³-hybridized carbons (Fsp3) is 0.556. The second kappa shape index (κ2) is 6.43. The molecule has 1 aromatic carbocycles. The number of nitrogens with zero attached hydrogens (tertiary/aromatic N) is 6. The Labute approximate surface area is 142 Å². The first-order valence-electron chi connectivity index (χ1n) is 8.86. The van der Waals surface area contributed by atoms with Gasteiger partial charge in [0.1, 0.15) is 5.84 Å². The highest BCUT2D eigenvalue weighted by molar-refractivity contribution is 5.90. The standard InChI is InChI=1S/C18H24N6/c1-13(2)11-16-17(19-12-14-7-4-3-5-8-14)24-18(20-21-22-24)15-9-6-10-23(15)16/h3-5,7-8,13,15-16H,6,9-12H2,1-2H3/t15-,16?/m1/s1. The molecule has 3 heterocycles. The number of aromatic nitrogens is 4. The molecular weight excluding hydrogens is 300 g/mol. The van der Waals surface area contributed by atoms with E-state index in [4.69, 9.17) is 4.99 Å². The highest BCUT2D eigenvalue weighted by Crippen LogP contribution is 2.37. The Kier molecular flexibility index (Phi) is 4.14. The summed E-state index contributed by atoms with van der Waals surface area (Å²) in [5.41, 5.74) is 1.21. The van der Waals surface area contributed by atoms with E-state index in [1.54, 1.807) is 0 Å². The molecule has 0 spiro atoms. The predicted octanol–water partition coefficient (Wildman–Crippen LogP) is 2.69. The molecule has 0 saturated carbocycles. The first kappa shape index (κ1) is 15.4. The molecule has 0 N–H and O–H groups in total. The third-order valence-corrected chi connectivity index (χ3v) is 4.96. The van der Waals surface area contributed by atoms with Crippen LogP contribution in [0.2, 0.25) is 0 Å². The lowest BCUT2D eigenvalue weighted by atomic mass is 9.98. The van der Waals surface area contributed by atoms with Crippen molar-refractivity contribution < 1.29 is 0 Å². The van der Waals surface area contributed by atoms with Crippen molar-refractivity contribution in [3.63, 3.8) is 0 Å². The van der Waals surface area contributed by atoms with Crippen molar-refractivity contribution in [1.29, 1.82) is 0 Å². The fourth-order valence-electron chi connectivity index (χ4n) is 3.91. The van der Waals surface area contributed by atoms with Crippen molar-refractivity contribution in [2.24, 2.45) is 10.9 Å². The van der Waals surface area contributed by atoms with Crippen LogP contribution in [-0.2, 0) is 6.54 Å². The number of rotatable bonds is 4. The zero-order chi connectivity index (χ0) is 16.5. The van der Waals surface area contributed by atoms with Gasteiger partial charge in [0.2, 0.25) is 0 Å². The monoisotopic (exact) mass is 324 g/mol. The van der Waals surface area contributed by atoms with Crippen LogP contribution >= 0.6 is 0 Å². The van der Waals surface area contributed by atoms with Gasteiger partial charge in [-0.05, 0) is 47.7 Å². The minimum absolute atomic E-state index is 0.303. The summed E-state index contributed by atoms with van der Waals surface area (Å²) in [6.45, 7) is 6.33. The molecule has 2 aromatic rings. The summed E-state index contributed by atoms with van der Waals surface area (Å²) in [5.74, 6) is 2.57. The van der Waals surface area contributed by atoms with E-state index in [0.29, 0.717) is 24.5 Å². The van der Waals surface area contributed by atoms with E-state index in [2.05, 4.69) is 58.5 Å². The van der Waals surface area contributed by atoms with Crippen molar-refractivity contribution in [3.8, 4) is 0 Å². The van der Waals surface area contributed by atoms with E-state index in [-0.39, 0.29) is 0 Å². The summed E-state index contributed by atoms with van der Waals surface area (Å²) in [7, 11) is 0. The summed E-state index contributed by atoms with van der Waals surface area (Å²) in [6.07, 6.45) is 3.43. The van der Waals surface area contributed by atoms with Crippen LogP contribution in [0.1, 0.15) is 50.5 Å². The zero-order valence-corrected chi connectivity index (χ0v) is 14.3. The third-order valence-electron chi connectivity index (χ3n) is 4.96. The van der Waals surface area contributed by atoms with Gasteiger partial charge in [-0.3, -0.25) is 9.89 Å². The summed E-state index contributed by atoms with van der Waals surface area (Å²) >= 11 is 0. The van der Waals surface area contributed by atoms with Gasteiger partial charge >= 0.3 is 0 Å². The molecule has 1 unspecified atom stereocenters. The minimum atomic E-state index is 0.303. The minimum Gasteiger partial charge on any atom is -0.283 e. The maximum atomic E-state index is 4.96. The topological polar surface area (TPSA) is 59.2 Å². The summed E-state index contributed by atoms with van der Waals surface area (Å²) in [6, 6.07) is 11.0. The molecule has 2 aliphatic rings. The highest BCUT2D eigenvalue weighted by atomic mass is 15.6. The first-order chi connectivity index (χ1) is 11.7. The smallest absolute Gasteiger partial charge is 0.175 e. The molecular formula is C18H24N6. The number of tetrazole rings is 1. The summed E-state index contributed by atoms with van der Waals surface area (Å²) in [4.78, 5) is 7.52. The van der Waals surface area contributed by atoms with Gasteiger partial charge in [0, 0.05) is 0 Å². The average molecular weight is 324 g/mol. The molecule has 2 aliphatic heterocycles. The number of fused-ring (bicyclic) bond motifs is 3. The normalized spacial score (nSPS) is 25.2. The lowest BCUT2D eigenvalue weighted by molar-refractivity contribution is 0.178. The van der Waals surface area contributed by atoms with Crippen LogP contribution in [0.25, 0.3) is 0 Å². The van der Waals surface area contributed by atoms with Crippen LogP contribution in [-0.4, -0.2) is 43.5 Å². The quantitative estimate of drug-likeness (QED) is 0.867. The van der Waals surface area contributed by atoms with Crippen LogP contribution in [0.4, 0.5) is 0 Å². The number of hydrogen-bond donors (Lipinski definition) is 0. The SMILES string of the molecule is CC(C)CC1C(=NCc2ccccc2)n2nnnc2[C@H]2CCCN12. The molecule has 4 rings (SSSR count). The lowest BCUT2D eigenvalue weighted by Gasteiger charge is -2.38. The summed E-state index contributed by atoms with van der Waals surface area (Å²) in [5, 5.41) is 12.5. The molecule has 1 fully saturated rings. The molecule has 0 bridgehead atoms. The maximum Gasteiger partial charge on any atom is 0.175 e. The summed E-state index contributed by atoms with van der Waals surface area (Å²) < 4.78 is 1.91. The Bertz CT molecular complexity index is 720. The molecule has 1 saturated heterocycles. The second-order valence-electron chi connectivity index (χ2n) is 7.15. The molecule has 6 heteroatoms. The largest absolute Gasteiger partial charge is 0.283 e. The van der Waals surface area contributed by atoms with Crippen molar-refractivity contribution in [2.45, 2.75) is 51.7 Å². The van der Waals surface area contributed by atoms with E-state index in [1.165, 1.54) is 12.0 Å². The molecule has 24 heavy (non-hydrogen) atoms. The van der Waals surface area contributed by atoms with E-state index >= 15 is 0 Å². The molecule has 126 valence electrons. The number of benzene rings is 1. The van der Waals surface area contributed by atoms with Gasteiger partial charge in [0.25, 0.3) is 0 Å². The van der Waals surface area contributed by atoms with Gasteiger partial charge in [-0.2, -0.15) is 4.68 Å². The highest BCUT2D eigenvalue weighted by Gasteiger charge is 2.43. The van der Waals surface area contributed by atoms with Crippen LogP contribution < -0.4 is 0 Å². The van der Waals surface area contributed by atoms with Gasteiger partial charge in [0.15, 0.2) is 5.82 Å². The molecule has 0 aliphatic carbocycles. The molecule has 6 nitrogen and oxygen atoms in total. The maximum absolute atomic E-state index is 4.96. The van der Waals surface area contributed by atoms with Crippen LogP contribution in [0.15, 0.2) is 35.3 Å². The molecule has 0 amide bonds. The Balaban J connectivity index is 1.72. The number of aliphatic imine (C=N–C) groups is 1. The van der Waals surface area contributed by atoms with E-state index in [1.807, 2.05) is 10.7 Å². The van der Waals surface area contributed by atoms with Gasteiger partial charge < -0.3 is 0 Å². The van der Waals surface area contributed by atoms with Gasteiger partial charge in [-0.15, -0.1) is 5.10 Å². The van der Waals surface area contributed by atoms with Crippen LogP contribution in [0.3, 0.4) is 0 Å². The predicted molar refractivity (Wildman–Crippen MR) is 92.7 cm³/mol. The average Bonchev–Trinajstić information content (AvgIpc) is 3.23. The third kappa shape index (κ3) is 2.75. The van der Waals surface area contributed by atoms with E-state index in [0.717, 1.165) is 31.0 Å². The Morgan fingerprint density at radius 1 is 1.25 bits per heavy atom. The molecule has 1 aromatic heterocycles. The van der Waals surface area contributed by atoms with Crippen molar-refractivity contribution >= 4 is 5.84 Å². The Morgan fingerprint density at radius 3 is 2.88 bits per heavy atom. The van der Waals surface area contributed by atoms with Crippen molar-refractivity contribution in [1.82, 2.24) is 25.1 Å².